The predicted molar refractivity (Wildman–Crippen MR) is 76.2 cm³/mol. The number of thiazole rings is 1. The molecule has 1 aliphatic carbocycles. The van der Waals surface area contributed by atoms with E-state index in [0.717, 1.165) is 6.54 Å². The summed E-state index contributed by atoms with van der Waals surface area (Å²) in [4.78, 5) is 8.93. The Kier molecular flexibility index (Phi) is 3.20. The van der Waals surface area contributed by atoms with E-state index in [4.69, 9.17) is 4.98 Å². The van der Waals surface area contributed by atoms with Crippen LogP contribution in [0.1, 0.15) is 42.3 Å². The molecular formula is C14H23N3S. The number of nitrogens with one attached hydrogen (secondary N) is 1. The summed E-state index contributed by atoms with van der Waals surface area (Å²) in [6.45, 7) is 6.74. The summed E-state index contributed by atoms with van der Waals surface area (Å²) in [5.74, 6) is 0. The van der Waals surface area contributed by atoms with E-state index in [1.807, 2.05) is 11.3 Å². The largest absolute Gasteiger partial charge is 0.304 e. The number of hydrogen-bond acceptors (Lipinski definition) is 4. The Bertz CT molecular complexity index is 419. The molecule has 0 amide bonds. The Morgan fingerprint density at radius 2 is 2.22 bits per heavy atom. The first-order valence-corrected chi connectivity index (χ1v) is 7.86. The molecule has 1 N–H and O–H groups in total. The average Bonchev–Trinajstić information content (AvgIpc) is 2.90. The van der Waals surface area contributed by atoms with Crippen LogP contribution < -0.4 is 5.32 Å². The molecular weight excluding hydrogens is 242 g/mol. The second-order valence-corrected chi connectivity index (χ2v) is 7.19. The molecule has 0 spiro atoms. The van der Waals surface area contributed by atoms with Gasteiger partial charge in [-0.15, -0.1) is 11.3 Å². The molecule has 1 unspecified atom stereocenters. The third kappa shape index (κ3) is 2.10. The van der Waals surface area contributed by atoms with Crippen LogP contribution in [0.2, 0.25) is 0 Å². The predicted octanol–water partition coefficient (Wildman–Crippen LogP) is 2.16. The van der Waals surface area contributed by atoms with E-state index in [1.165, 1.54) is 42.9 Å². The smallest absolute Gasteiger partial charge is 0.115 e. The standard InChI is InChI=1S/C14H23N3S/c1-10(2)16-14(7-8-17(3)9-14)13-15-11-5-4-6-12(11)18-13/h10,16H,4-9H2,1-3H3. The lowest BCUT2D eigenvalue weighted by atomic mass is 9.98. The zero-order chi connectivity index (χ0) is 12.8. The highest BCUT2D eigenvalue weighted by Gasteiger charge is 2.41. The molecule has 1 atom stereocenters. The molecule has 4 heteroatoms. The molecule has 1 fully saturated rings. The van der Waals surface area contributed by atoms with Crippen LogP contribution in [-0.4, -0.2) is 36.1 Å². The maximum absolute atomic E-state index is 4.96. The van der Waals surface area contributed by atoms with E-state index in [-0.39, 0.29) is 5.54 Å². The van der Waals surface area contributed by atoms with E-state index < -0.39 is 0 Å². The summed E-state index contributed by atoms with van der Waals surface area (Å²) in [6, 6.07) is 0.509. The van der Waals surface area contributed by atoms with E-state index in [9.17, 15) is 0 Å². The lowest BCUT2D eigenvalue weighted by Gasteiger charge is -2.30. The van der Waals surface area contributed by atoms with Crippen molar-refractivity contribution >= 4 is 11.3 Å². The number of likely N-dealkylation sites (tertiary alicyclic amines) is 1. The summed E-state index contributed by atoms with van der Waals surface area (Å²) in [5.41, 5.74) is 1.49. The van der Waals surface area contributed by atoms with Gasteiger partial charge in [0.25, 0.3) is 0 Å². The first-order chi connectivity index (χ1) is 8.59. The van der Waals surface area contributed by atoms with Crippen molar-refractivity contribution in [1.29, 1.82) is 0 Å². The van der Waals surface area contributed by atoms with Crippen molar-refractivity contribution in [2.45, 2.75) is 51.1 Å². The highest BCUT2D eigenvalue weighted by Crippen LogP contribution is 2.38. The SMILES string of the molecule is CC(C)NC1(c2nc3c(s2)CCC3)CCN(C)C1. The zero-order valence-corrected chi connectivity index (χ0v) is 12.4. The maximum Gasteiger partial charge on any atom is 0.115 e. The van der Waals surface area contributed by atoms with Gasteiger partial charge in [0.1, 0.15) is 5.01 Å². The topological polar surface area (TPSA) is 28.2 Å². The molecule has 18 heavy (non-hydrogen) atoms. The Balaban J connectivity index is 1.92. The quantitative estimate of drug-likeness (QED) is 0.908. The molecule has 1 saturated heterocycles. The van der Waals surface area contributed by atoms with Crippen LogP contribution in [0.3, 0.4) is 0 Å². The molecule has 100 valence electrons. The fraction of sp³-hybridized carbons (Fsp3) is 0.786. The van der Waals surface area contributed by atoms with Gasteiger partial charge in [-0.3, -0.25) is 0 Å². The summed E-state index contributed by atoms with van der Waals surface area (Å²) in [7, 11) is 2.21. The molecule has 0 saturated carbocycles. The van der Waals surface area contributed by atoms with Gasteiger partial charge in [0.05, 0.1) is 11.2 Å². The number of hydrogen-bond donors (Lipinski definition) is 1. The van der Waals surface area contributed by atoms with Gasteiger partial charge < -0.3 is 10.2 Å². The number of aromatic nitrogens is 1. The van der Waals surface area contributed by atoms with Crippen LogP contribution in [0.15, 0.2) is 0 Å². The van der Waals surface area contributed by atoms with Gasteiger partial charge in [0.15, 0.2) is 0 Å². The Morgan fingerprint density at radius 1 is 1.39 bits per heavy atom. The third-order valence-electron chi connectivity index (χ3n) is 4.03. The summed E-state index contributed by atoms with van der Waals surface area (Å²) in [6.07, 6.45) is 4.94. The van der Waals surface area contributed by atoms with Crippen LogP contribution in [0.4, 0.5) is 0 Å². The highest BCUT2D eigenvalue weighted by molar-refractivity contribution is 7.12. The van der Waals surface area contributed by atoms with E-state index >= 15 is 0 Å². The lowest BCUT2D eigenvalue weighted by molar-refractivity contribution is 0.294. The molecule has 3 rings (SSSR count). The molecule has 0 aromatic carbocycles. The van der Waals surface area contributed by atoms with Crippen LogP contribution in [0.5, 0.6) is 0 Å². The second-order valence-electron chi connectivity index (χ2n) is 6.11. The Labute approximate surface area is 114 Å². The van der Waals surface area contributed by atoms with Gasteiger partial charge in [0, 0.05) is 24.0 Å². The molecule has 2 heterocycles. The summed E-state index contributed by atoms with van der Waals surface area (Å²) >= 11 is 1.96. The van der Waals surface area contributed by atoms with Crippen molar-refractivity contribution in [3.63, 3.8) is 0 Å². The van der Waals surface area contributed by atoms with Crippen molar-refractivity contribution in [2.24, 2.45) is 0 Å². The van der Waals surface area contributed by atoms with Crippen molar-refractivity contribution in [1.82, 2.24) is 15.2 Å². The molecule has 1 aromatic rings. The Morgan fingerprint density at radius 3 is 2.83 bits per heavy atom. The maximum atomic E-state index is 4.96. The van der Waals surface area contributed by atoms with Crippen molar-refractivity contribution in [3.8, 4) is 0 Å². The third-order valence-corrected chi connectivity index (χ3v) is 5.39. The van der Waals surface area contributed by atoms with Crippen LogP contribution >= 0.6 is 11.3 Å². The zero-order valence-electron chi connectivity index (χ0n) is 11.6. The fourth-order valence-corrected chi connectivity index (χ4v) is 4.62. The lowest BCUT2D eigenvalue weighted by Crippen LogP contribution is -2.47. The second kappa shape index (κ2) is 4.58. The van der Waals surface area contributed by atoms with Crippen LogP contribution in [0, 0.1) is 0 Å². The van der Waals surface area contributed by atoms with Gasteiger partial charge in [-0.25, -0.2) is 4.98 Å². The summed E-state index contributed by atoms with van der Waals surface area (Å²) in [5, 5.41) is 5.14. The number of aryl methyl sites for hydroxylation is 2. The fourth-order valence-electron chi connectivity index (χ4n) is 3.30. The van der Waals surface area contributed by atoms with Gasteiger partial charge >= 0.3 is 0 Å². The van der Waals surface area contributed by atoms with Crippen LogP contribution in [0.25, 0.3) is 0 Å². The van der Waals surface area contributed by atoms with Crippen LogP contribution in [-0.2, 0) is 18.4 Å². The molecule has 3 nitrogen and oxygen atoms in total. The molecule has 1 aliphatic heterocycles. The van der Waals surface area contributed by atoms with Crippen molar-refractivity contribution < 1.29 is 0 Å². The highest BCUT2D eigenvalue weighted by atomic mass is 32.1. The van der Waals surface area contributed by atoms with E-state index in [1.54, 1.807) is 4.88 Å². The van der Waals surface area contributed by atoms with Gasteiger partial charge in [-0.05, 0) is 46.6 Å². The van der Waals surface area contributed by atoms with Gasteiger partial charge in [-0.1, -0.05) is 0 Å². The number of likely N-dealkylation sites (N-methyl/N-ethyl adjacent to an activating group) is 1. The van der Waals surface area contributed by atoms with E-state index in [2.05, 4.69) is 31.1 Å². The van der Waals surface area contributed by atoms with Crippen molar-refractivity contribution in [2.75, 3.05) is 20.1 Å². The number of nitrogens with zero attached hydrogens (tertiary/aromatic N) is 2. The molecule has 0 bridgehead atoms. The number of rotatable bonds is 3. The minimum atomic E-state index is 0.109. The minimum Gasteiger partial charge on any atom is -0.304 e. The minimum absolute atomic E-state index is 0.109. The van der Waals surface area contributed by atoms with Crippen molar-refractivity contribution in [3.05, 3.63) is 15.6 Å². The first kappa shape index (κ1) is 12.6. The van der Waals surface area contributed by atoms with Gasteiger partial charge in [-0.2, -0.15) is 0 Å². The first-order valence-electron chi connectivity index (χ1n) is 7.04. The van der Waals surface area contributed by atoms with Gasteiger partial charge in [0.2, 0.25) is 0 Å². The number of fused-ring (bicyclic) bond motifs is 1. The molecule has 1 aromatic heterocycles. The monoisotopic (exact) mass is 265 g/mol. The molecule has 0 radical (unpaired) electrons. The van der Waals surface area contributed by atoms with E-state index in [0.29, 0.717) is 6.04 Å². The average molecular weight is 265 g/mol. The molecule has 2 aliphatic rings. The normalized spacial score (nSPS) is 28.2. The summed E-state index contributed by atoms with van der Waals surface area (Å²) < 4.78 is 0. The Hall–Kier alpha value is -0.450.